The summed E-state index contributed by atoms with van der Waals surface area (Å²) in [5.41, 5.74) is 2.29. The molecule has 0 spiro atoms. The van der Waals surface area contributed by atoms with Gasteiger partial charge in [-0.05, 0) is 56.5 Å². The molecule has 9 heteroatoms. The number of nitrogens with zero attached hydrogens (tertiary/aromatic N) is 2. The number of aromatic nitrogens is 2. The number of benzene rings is 2. The number of imidazole rings is 1. The van der Waals surface area contributed by atoms with Gasteiger partial charge in [0.05, 0.1) is 24.2 Å². The Bertz CT molecular complexity index is 1180. The fourth-order valence-corrected chi connectivity index (χ4v) is 4.42. The zero-order valence-electron chi connectivity index (χ0n) is 18.9. The van der Waals surface area contributed by atoms with Crippen molar-refractivity contribution >= 4 is 17.2 Å². The fraction of sp³-hybridized carbons (Fsp3) is 0.417. The largest absolute Gasteiger partial charge is 0.511 e. The lowest BCUT2D eigenvalue weighted by molar-refractivity contribution is 0.144. The van der Waals surface area contributed by atoms with Gasteiger partial charge in [-0.1, -0.05) is 6.07 Å². The maximum Gasteiger partial charge on any atom is 0.511 e. The van der Waals surface area contributed by atoms with E-state index in [0.29, 0.717) is 18.7 Å². The first-order chi connectivity index (χ1) is 16.0. The molecule has 0 bridgehead atoms. The highest BCUT2D eigenvalue weighted by Gasteiger charge is 2.24. The van der Waals surface area contributed by atoms with Gasteiger partial charge in [-0.15, -0.1) is 0 Å². The van der Waals surface area contributed by atoms with Gasteiger partial charge in [0.25, 0.3) is 0 Å². The second-order valence-electron chi connectivity index (χ2n) is 8.00. The molecule has 0 saturated carbocycles. The summed E-state index contributed by atoms with van der Waals surface area (Å²) in [5, 5.41) is 8.80. The molecule has 0 aliphatic carbocycles. The maximum absolute atomic E-state index is 12.6. The highest BCUT2D eigenvalue weighted by molar-refractivity contribution is 5.78. The van der Waals surface area contributed by atoms with Crippen molar-refractivity contribution in [2.24, 2.45) is 0 Å². The summed E-state index contributed by atoms with van der Waals surface area (Å²) in [6.07, 6.45) is 0.301. The number of carbonyl (C=O) groups is 1. The van der Waals surface area contributed by atoms with Crippen molar-refractivity contribution in [1.29, 1.82) is 0 Å². The lowest BCUT2D eigenvalue weighted by atomic mass is 10.0. The summed E-state index contributed by atoms with van der Waals surface area (Å²) >= 11 is 0. The Morgan fingerprint density at radius 2 is 1.79 bits per heavy atom. The molecule has 0 amide bonds. The molecule has 4 rings (SSSR count). The molecular weight excluding hydrogens is 426 g/mol. The van der Waals surface area contributed by atoms with E-state index in [1.807, 2.05) is 26.0 Å². The van der Waals surface area contributed by atoms with Crippen LogP contribution in [-0.2, 0) is 6.54 Å². The minimum Gasteiger partial charge on any atom is -0.490 e. The highest BCUT2D eigenvalue weighted by Crippen LogP contribution is 2.31. The molecule has 3 aromatic rings. The van der Waals surface area contributed by atoms with Crippen LogP contribution < -0.4 is 19.9 Å². The molecule has 1 aliphatic heterocycles. The third kappa shape index (κ3) is 5.14. The normalized spacial score (nSPS) is 15.0. The van der Waals surface area contributed by atoms with Gasteiger partial charge in [0, 0.05) is 31.7 Å². The number of aromatic amines is 1. The van der Waals surface area contributed by atoms with Crippen molar-refractivity contribution in [2.45, 2.75) is 39.3 Å². The van der Waals surface area contributed by atoms with Gasteiger partial charge in [-0.2, -0.15) is 0 Å². The molecule has 2 N–H and O–H groups in total. The molecule has 2 aromatic carbocycles. The van der Waals surface area contributed by atoms with E-state index in [2.05, 4.69) is 16.0 Å². The molecule has 0 unspecified atom stereocenters. The van der Waals surface area contributed by atoms with Gasteiger partial charge in [0.1, 0.15) is 5.75 Å². The molecular formula is C24H29N3O6. The average molecular weight is 456 g/mol. The van der Waals surface area contributed by atoms with Crippen LogP contribution in [0.15, 0.2) is 41.2 Å². The van der Waals surface area contributed by atoms with E-state index in [-0.39, 0.29) is 17.5 Å². The van der Waals surface area contributed by atoms with Crippen LogP contribution in [0.3, 0.4) is 0 Å². The first-order valence-corrected chi connectivity index (χ1v) is 11.2. The predicted octanol–water partition coefficient (Wildman–Crippen LogP) is 4.02. The summed E-state index contributed by atoms with van der Waals surface area (Å²) < 4.78 is 17.9. The Hall–Kier alpha value is -3.46. The minimum atomic E-state index is -1.38. The molecule has 1 saturated heterocycles. The van der Waals surface area contributed by atoms with Crippen molar-refractivity contribution < 1.29 is 24.1 Å². The van der Waals surface area contributed by atoms with Crippen molar-refractivity contribution in [3.63, 3.8) is 0 Å². The lowest BCUT2D eigenvalue weighted by Gasteiger charge is -2.32. The predicted molar refractivity (Wildman–Crippen MR) is 124 cm³/mol. The third-order valence-corrected chi connectivity index (χ3v) is 5.83. The smallest absolute Gasteiger partial charge is 0.490 e. The van der Waals surface area contributed by atoms with E-state index < -0.39 is 6.16 Å². The first-order valence-electron chi connectivity index (χ1n) is 11.2. The van der Waals surface area contributed by atoms with Crippen LogP contribution in [0, 0.1) is 0 Å². The quantitative estimate of drug-likeness (QED) is 0.390. The molecule has 0 radical (unpaired) electrons. The molecule has 1 aliphatic rings. The minimum absolute atomic E-state index is 0.0769. The highest BCUT2D eigenvalue weighted by atomic mass is 16.7. The summed E-state index contributed by atoms with van der Waals surface area (Å²) in [5.74, 6) is 1.71. The van der Waals surface area contributed by atoms with E-state index in [1.165, 1.54) is 0 Å². The zero-order chi connectivity index (χ0) is 23.4. The van der Waals surface area contributed by atoms with Crippen molar-refractivity contribution in [3.05, 3.63) is 52.4 Å². The Balaban J connectivity index is 1.43. The molecule has 1 aromatic heterocycles. The first kappa shape index (κ1) is 22.7. The monoisotopic (exact) mass is 455 g/mol. The van der Waals surface area contributed by atoms with Crippen LogP contribution >= 0.6 is 0 Å². The fourth-order valence-electron chi connectivity index (χ4n) is 4.42. The number of ether oxygens (including phenoxy) is 3. The number of hydrogen-bond donors (Lipinski definition) is 2. The van der Waals surface area contributed by atoms with Gasteiger partial charge >= 0.3 is 11.8 Å². The summed E-state index contributed by atoms with van der Waals surface area (Å²) in [6, 6.07) is 11.0. The molecule has 1 fully saturated rings. The number of fused-ring (bicyclic) bond motifs is 1. The number of H-pyrrole nitrogens is 1. The van der Waals surface area contributed by atoms with Crippen molar-refractivity contribution in [2.75, 3.05) is 26.3 Å². The summed E-state index contributed by atoms with van der Waals surface area (Å²) in [4.78, 5) is 28.6. The van der Waals surface area contributed by atoms with Gasteiger partial charge in [0.2, 0.25) is 0 Å². The average Bonchev–Trinajstić information content (AvgIpc) is 3.11. The second kappa shape index (κ2) is 9.99. The molecule has 33 heavy (non-hydrogen) atoms. The van der Waals surface area contributed by atoms with Gasteiger partial charge < -0.3 is 24.3 Å². The van der Waals surface area contributed by atoms with Crippen molar-refractivity contribution in [1.82, 2.24) is 14.5 Å². The van der Waals surface area contributed by atoms with Crippen LogP contribution in [0.25, 0.3) is 11.0 Å². The van der Waals surface area contributed by atoms with E-state index in [4.69, 9.17) is 19.3 Å². The van der Waals surface area contributed by atoms with E-state index in [1.54, 1.807) is 22.8 Å². The Labute approximate surface area is 191 Å². The number of nitrogens with one attached hydrogen (secondary N) is 1. The number of carboxylic acid groups (broad SMARTS) is 1. The Kier molecular flexibility index (Phi) is 6.88. The number of likely N-dealkylation sites (tertiary alicyclic amines) is 1. The lowest BCUT2D eigenvalue weighted by Crippen LogP contribution is -2.36. The number of rotatable bonds is 8. The summed E-state index contributed by atoms with van der Waals surface area (Å²) in [7, 11) is 0. The van der Waals surface area contributed by atoms with Crippen LogP contribution in [0.1, 0.15) is 38.3 Å². The molecule has 176 valence electrons. The van der Waals surface area contributed by atoms with Crippen LogP contribution in [0.2, 0.25) is 0 Å². The van der Waals surface area contributed by atoms with E-state index in [9.17, 15) is 9.59 Å². The molecule has 2 heterocycles. The van der Waals surface area contributed by atoms with E-state index in [0.717, 1.165) is 55.1 Å². The zero-order valence-corrected chi connectivity index (χ0v) is 18.9. The van der Waals surface area contributed by atoms with Crippen LogP contribution in [0.5, 0.6) is 17.2 Å². The second-order valence-corrected chi connectivity index (χ2v) is 8.00. The van der Waals surface area contributed by atoms with Crippen molar-refractivity contribution in [3.8, 4) is 17.2 Å². The Morgan fingerprint density at radius 3 is 2.48 bits per heavy atom. The standard InChI is InChI=1S/C24H29N3O6/c1-3-31-21-8-5-16(13-22(21)32-4-2)15-26-11-9-17(10-12-26)27-20-7-6-18(33-24(29)30)14-19(20)25-23(27)28/h5-8,13-14,17H,3-4,9-12,15H2,1-2H3,(H,25,28)(H,29,30). The molecule has 0 atom stereocenters. The topological polar surface area (TPSA) is 106 Å². The van der Waals surface area contributed by atoms with E-state index >= 15 is 0 Å². The number of piperidine rings is 1. The van der Waals surface area contributed by atoms with Gasteiger partial charge in [0.15, 0.2) is 11.5 Å². The summed E-state index contributed by atoms with van der Waals surface area (Å²) in [6.45, 7) is 7.61. The molecule has 9 nitrogen and oxygen atoms in total. The Morgan fingerprint density at radius 1 is 1.06 bits per heavy atom. The SMILES string of the molecule is CCOc1ccc(CN2CCC(n3c(=O)[nH]c4cc(OC(=O)O)ccc43)CC2)cc1OCC. The number of hydrogen-bond acceptors (Lipinski definition) is 6. The maximum atomic E-state index is 12.6. The van der Waals surface area contributed by atoms with Crippen LogP contribution in [-0.4, -0.2) is 52.0 Å². The van der Waals surface area contributed by atoms with Gasteiger partial charge in [-0.3, -0.25) is 9.47 Å². The third-order valence-electron chi connectivity index (χ3n) is 5.83. The van der Waals surface area contributed by atoms with Gasteiger partial charge in [-0.25, -0.2) is 9.59 Å². The van der Waals surface area contributed by atoms with Crippen LogP contribution in [0.4, 0.5) is 4.79 Å².